The zero-order valence-electron chi connectivity index (χ0n) is 13.2. The second-order valence-corrected chi connectivity index (χ2v) is 5.43. The second kappa shape index (κ2) is 8.81. The molecule has 0 aliphatic heterocycles. The Morgan fingerprint density at radius 3 is 2.27 bits per heavy atom. The second-order valence-electron chi connectivity index (χ2n) is 5.43. The quantitative estimate of drug-likeness (QED) is 0.608. The Morgan fingerprint density at radius 2 is 1.68 bits per heavy atom. The number of alkyl halides is 3. The number of halogens is 3. The molecular formula is C17H24F3NO. The number of amides is 1. The summed E-state index contributed by atoms with van der Waals surface area (Å²) in [7, 11) is 0. The van der Waals surface area contributed by atoms with Gasteiger partial charge in [-0.25, -0.2) is 0 Å². The number of hydrogen-bond donors (Lipinski definition) is 0. The first kappa shape index (κ1) is 18.5. The molecule has 0 unspecified atom stereocenters. The standard InChI is InChI=1S/C17H24F3NO/c1-3-5-7-12-21(11-6-4-2)16(22)14-9-8-10-15(13-14)17(18,19)20/h8-10,13H,3-7,11-12H2,1-2H3. The Kier molecular flexibility index (Phi) is 7.42. The van der Waals surface area contributed by atoms with E-state index in [1.165, 1.54) is 12.1 Å². The van der Waals surface area contributed by atoms with Crippen molar-refractivity contribution in [1.29, 1.82) is 0 Å². The average molecular weight is 315 g/mol. The first-order chi connectivity index (χ1) is 10.4. The van der Waals surface area contributed by atoms with Gasteiger partial charge in [0.05, 0.1) is 5.56 Å². The van der Waals surface area contributed by atoms with Crippen LogP contribution in [0.15, 0.2) is 24.3 Å². The molecule has 124 valence electrons. The van der Waals surface area contributed by atoms with Gasteiger partial charge in [-0.2, -0.15) is 13.2 Å². The van der Waals surface area contributed by atoms with Crippen LogP contribution in [0.3, 0.4) is 0 Å². The van der Waals surface area contributed by atoms with E-state index in [-0.39, 0.29) is 11.5 Å². The van der Waals surface area contributed by atoms with Crippen LogP contribution in [0.1, 0.15) is 61.9 Å². The molecule has 0 aliphatic rings. The first-order valence-corrected chi connectivity index (χ1v) is 7.86. The molecule has 0 aliphatic carbocycles. The smallest absolute Gasteiger partial charge is 0.339 e. The Balaban J connectivity index is 2.87. The van der Waals surface area contributed by atoms with Gasteiger partial charge in [0.1, 0.15) is 0 Å². The number of nitrogens with zero attached hydrogens (tertiary/aromatic N) is 1. The molecule has 0 aromatic heterocycles. The molecule has 0 radical (unpaired) electrons. The summed E-state index contributed by atoms with van der Waals surface area (Å²) in [6, 6.07) is 4.68. The van der Waals surface area contributed by atoms with Crippen LogP contribution >= 0.6 is 0 Å². The molecule has 1 aromatic carbocycles. The number of unbranched alkanes of at least 4 members (excludes halogenated alkanes) is 3. The third-order valence-corrected chi connectivity index (χ3v) is 3.54. The predicted octanol–water partition coefficient (Wildman–Crippen LogP) is 5.14. The third-order valence-electron chi connectivity index (χ3n) is 3.54. The Hall–Kier alpha value is -1.52. The normalized spacial score (nSPS) is 11.5. The average Bonchev–Trinajstić information content (AvgIpc) is 2.49. The van der Waals surface area contributed by atoms with Crippen LogP contribution in [0.5, 0.6) is 0 Å². The molecule has 1 aromatic rings. The topological polar surface area (TPSA) is 20.3 Å². The SMILES string of the molecule is CCCCCN(CCCC)C(=O)c1cccc(C(F)(F)F)c1. The summed E-state index contributed by atoms with van der Waals surface area (Å²) in [6.45, 7) is 5.29. The van der Waals surface area contributed by atoms with Crippen LogP contribution in [0.2, 0.25) is 0 Å². The number of hydrogen-bond acceptors (Lipinski definition) is 1. The van der Waals surface area contributed by atoms with Gasteiger partial charge in [-0.1, -0.05) is 39.2 Å². The number of carbonyl (C=O) groups excluding carboxylic acids is 1. The van der Waals surface area contributed by atoms with E-state index in [9.17, 15) is 18.0 Å². The molecule has 2 nitrogen and oxygen atoms in total. The van der Waals surface area contributed by atoms with Crippen LogP contribution in [0, 0.1) is 0 Å². The van der Waals surface area contributed by atoms with Crippen molar-refractivity contribution in [2.45, 2.75) is 52.1 Å². The summed E-state index contributed by atoms with van der Waals surface area (Å²) in [6.07, 6.45) is 0.312. The fourth-order valence-electron chi connectivity index (χ4n) is 2.23. The van der Waals surface area contributed by atoms with Gasteiger partial charge >= 0.3 is 6.18 Å². The van der Waals surface area contributed by atoms with Crippen molar-refractivity contribution in [2.24, 2.45) is 0 Å². The lowest BCUT2D eigenvalue weighted by atomic mass is 10.1. The molecule has 0 fully saturated rings. The van der Waals surface area contributed by atoms with Crippen molar-refractivity contribution in [3.8, 4) is 0 Å². The Morgan fingerprint density at radius 1 is 1.05 bits per heavy atom. The van der Waals surface area contributed by atoms with Crippen LogP contribution in [-0.4, -0.2) is 23.9 Å². The molecule has 0 spiro atoms. The van der Waals surface area contributed by atoms with Gasteiger partial charge in [0.2, 0.25) is 0 Å². The minimum Gasteiger partial charge on any atom is -0.339 e. The zero-order valence-corrected chi connectivity index (χ0v) is 13.2. The predicted molar refractivity (Wildman–Crippen MR) is 81.8 cm³/mol. The highest BCUT2D eigenvalue weighted by molar-refractivity contribution is 5.94. The highest BCUT2D eigenvalue weighted by Crippen LogP contribution is 2.29. The lowest BCUT2D eigenvalue weighted by Crippen LogP contribution is -2.33. The highest BCUT2D eigenvalue weighted by Gasteiger charge is 2.31. The summed E-state index contributed by atoms with van der Waals surface area (Å²) >= 11 is 0. The first-order valence-electron chi connectivity index (χ1n) is 7.86. The molecule has 0 saturated carbocycles. The van der Waals surface area contributed by atoms with Gasteiger partial charge < -0.3 is 4.90 Å². The van der Waals surface area contributed by atoms with Crippen molar-refractivity contribution in [1.82, 2.24) is 4.90 Å². The maximum Gasteiger partial charge on any atom is 0.416 e. The van der Waals surface area contributed by atoms with Crippen LogP contribution in [0.4, 0.5) is 13.2 Å². The molecular weight excluding hydrogens is 291 g/mol. The minimum absolute atomic E-state index is 0.113. The van der Waals surface area contributed by atoms with Crippen molar-refractivity contribution in [3.05, 3.63) is 35.4 Å². The van der Waals surface area contributed by atoms with Crippen LogP contribution < -0.4 is 0 Å². The van der Waals surface area contributed by atoms with Crippen molar-refractivity contribution < 1.29 is 18.0 Å². The lowest BCUT2D eigenvalue weighted by molar-refractivity contribution is -0.137. The summed E-state index contributed by atoms with van der Waals surface area (Å²) in [5, 5.41) is 0. The van der Waals surface area contributed by atoms with E-state index in [2.05, 4.69) is 6.92 Å². The summed E-state index contributed by atoms with van der Waals surface area (Å²) in [5.74, 6) is -0.310. The lowest BCUT2D eigenvalue weighted by Gasteiger charge is -2.23. The van der Waals surface area contributed by atoms with Crippen molar-refractivity contribution in [3.63, 3.8) is 0 Å². The summed E-state index contributed by atoms with van der Waals surface area (Å²) in [4.78, 5) is 14.2. The molecule has 0 atom stereocenters. The molecule has 0 saturated heterocycles. The van der Waals surface area contributed by atoms with E-state index in [1.54, 1.807) is 4.90 Å². The molecule has 0 heterocycles. The van der Waals surface area contributed by atoms with Crippen LogP contribution in [0.25, 0.3) is 0 Å². The summed E-state index contributed by atoms with van der Waals surface area (Å²) < 4.78 is 38.3. The van der Waals surface area contributed by atoms with Gasteiger partial charge in [0, 0.05) is 18.7 Å². The maximum atomic E-state index is 12.8. The van der Waals surface area contributed by atoms with E-state index in [1.807, 2.05) is 6.92 Å². The Bertz CT molecular complexity index is 471. The maximum absolute atomic E-state index is 12.8. The van der Waals surface area contributed by atoms with Gasteiger partial charge in [-0.05, 0) is 31.0 Å². The van der Waals surface area contributed by atoms with Gasteiger partial charge in [0.15, 0.2) is 0 Å². The van der Waals surface area contributed by atoms with E-state index >= 15 is 0 Å². The number of carbonyl (C=O) groups is 1. The Labute approximate surface area is 130 Å². The molecule has 1 rings (SSSR count). The van der Waals surface area contributed by atoms with E-state index < -0.39 is 11.7 Å². The van der Waals surface area contributed by atoms with Crippen LogP contribution in [-0.2, 0) is 6.18 Å². The third kappa shape index (κ3) is 5.70. The summed E-state index contributed by atoms with van der Waals surface area (Å²) in [5.41, 5.74) is -0.662. The van der Waals surface area contributed by atoms with Crippen molar-refractivity contribution >= 4 is 5.91 Å². The van der Waals surface area contributed by atoms with E-state index in [4.69, 9.17) is 0 Å². The number of benzene rings is 1. The van der Waals surface area contributed by atoms with E-state index in [0.29, 0.717) is 13.1 Å². The van der Waals surface area contributed by atoms with Gasteiger partial charge in [0.25, 0.3) is 5.91 Å². The van der Waals surface area contributed by atoms with E-state index in [0.717, 1.165) is 44.2 Å². The fourth-order valence-corrected chi connectivity index (χ4v) is 2.23. The van der Waals surface area contributed by atoms with Gasteiger partial charge in [-0.3, -0.25) is 4.79 Å². The molecule has 0 N–H and O–H groups in total. The zero-order chi connectivity index (χ0) is 16.6. The largest absolute Gasteiger partial charge is 0.416 e. The minimum atomic E-state index is -4.42. The molecule has 5 heteroatoms. The van der Waals surface area contributed by atoms with Gasteiger partial charge in [-0.15, -0.1) is 0 Å². The monoisotopic (exact) mass is 315 g/mol. The highest BCUT2D eigenvalue weighted by atomic mass is 19.4. The molecule has 1 amide bonds. The number of rotatable bonds is 8. The molecule has 22 heavy (non-hydrogen) atoms. The molecule has 0 bridgehead atoms. The van der Waals surface area contributed by atoms with Crippen molar-refractivity contribution in [2.75, 3.05) is 13.1 Å². The fraction of sp³-hybridized carbons (Fsp3) is 0.588.